The summed E-state index contributed by atoms with van der Waals surface area (Å²) in [6, 6.07) is 17.2. The third kappa shape index (κ3) is 3.61. The minimum atomic E-state index is 1.10. The second-order valence-electron chi connectivity index (χ2n) is 5.06. The molecule has 0 saturated carbocycles. The Labute approximate surface area is 128 Å². The molecule has 0 N–H and O–H groups in total. The smallest absolute Gasteiger partial charge is 0.0103 e. The summed E-state index contributed by atoms with van der Waals surface area (Å²) in [7, 11) is 0. The minimum Gasteiger partial charge on any atom is -0.0990 e. The molecule has 2 aromatic carbocycles. The topological polar surface area (TPSA) is 0 Å². The van der Waals surface area contributed by atoms with Crippen molar-refractivity contribution in [1.82, 2.24) is 0 Å². The van der Waals surface area contributed by atoms with E-state index in [0.29, 0.717) is 0 Å². The maximum atomic E-state index is 3.93. The molecule has 0 heterocycles. The van der Waals surface area contributed by atoms with Crippen molar-refractivity contribution >= 4 is 5.57 Å². The van der Waals surface area contributed by atoms with Crippen LogP contribution in [-0.2, 0) is 6.42 Å². The number of aryl methyl sites for hydroxylation is 1. The number of hydrogen-bond donors (Lipinski definition) is 0. The molecule has 2 rings (SSSR count). The molecule has 21 heavy (non-hydrogen) atoms. The van der Waals surface area contributed by atoms with Gasteiger partial charge in [0.1, 0.15) is 0 Å². The Bertz CT molecular complexity index is 645. The zero-order chi connectivity index (χ0) is 15.1. The molecular weight excluding hydrogens is 252 g/mol. The van der Waals surface area contributed by atoms with Crippen LogP contribution >= 0.6 is 0 Å². The lowest BCUT2D eigenvalue weighted by Gasteiger charge is -2.13. The minimum absolute atomic E-state index is 1.10. The van der Waals surface area contributed by atoms with E-state index in [4.69, 9.17) is 0 Å². The fourth-order valence-electron chi connectivity index (χ4n) is 2.54. The first-order valence-corrected chi connectivity index (χ1v) is 7.44. The largest absolute Gasteiger partial charge is 0.0990 e. The zero-order valence-electron chi connectivity index (χ0n) is 12.7. The van der Waals surface area contributed by atoms with E-state index in [-0.39, 0.29) is 0 Å². The van der Waals surface area contributed by atoms with Gasteiger partial charge < -0.3 is 0 Å². The fourth-order valence-corrected chi connectivity index (χ4v) is 2.54. The lowest BCUT2D eigenvalue weighted by atomic mass is 9.91. The van der Waals surface area contributed by atoms with Gasteiger partial charge in [0.2, 0.25) is 0 Å². The summed E-state index contributed by atoms with van der Waals surface area (Å²) in [6.07, 6.45) is 7.97. The molecule has 0 radical (unpaired) electrons. The van der Waals surface area contributed by atoms with Crippen LogP contribution in [0.1, 0.15) is 24.5 Å². The summed E-state index contributed by atoms with van der Waals surface area (Å²) in [6.45, 7) is 9.94. The van der Waals surface area contributed by atoms with Crippen LogP contribution in [0.2, 0.25) is 0 Å². The van der Waals surface area contributed by atoms with E-state index in [0.717, 1.165) is 18.4 Å². The molecule has 0 nitrogen and oxygen atoms in total. The number of allylic oxidation sites excluding steroid dienone is 4. The highest BCUT2D eigenvalue weighted by Gasteiger charge is 2.08. The SMILES string of the molecule is C=C/C=C(\C=C)c1ccc(CCC)cc1-c1ccccc1. The Morgan fingerprint density at radius 3 is 2.43 bits per heavy atom. The Balaban J connectivity index is 2.62. The highest BCUT2D eigenvalue weighted by Crippen LogP contribution is 2.31. The summed E-state index contributed by atoms with van der Waals surface area (Å²) in [5.74, 6) is 0. The molecule has 2 aromatic rings. The number of benzene rings is 2. The summed E-state index contributed by atoms with van der Waals surface area (Å²) in [5, 5.41) is 0. The molecule has 0 aromatic heterocycles. The number of hydrogen-bond acceptors (Lipinski definition) is 0. The van der Waals surface area contributed by atoms with Crippen molar-refractivity contribution in [1.29, 1.82) is 0 Å². The van der Waals surface area contributed by atoms with Crippen molar-refractivity contribution in [3.8, 4) is 11.1 Å². The van der Waals surface area contributed by atoms with Crippen molar-refractivity contribution < 1.29 is 0 Å². The van der Waals surface area contributed by atoms with Crippen LogP contribution in [0.15, 0.2) is 79.9 Å². The molecule has 106 valence electrons. The van der Waals surface area contributed by atoms with Crippen LogP contribution < -0.4 is 0 Å². The standard InChI is InChI=1S/C21H22/c1-4-10-17-14-15-20(18(6-3)11-5-2)21(16-17)19-12-8-7-9-13-19/h5-9,11-16H,2-4,10H2,1H3/b18-11+. The van der Waals surface area contributed by atoms with Crippen LogP contribution in [-0.4, -0.2) is 0 Å². The van der Waals surface area contributed by atoms with Crippen LogP contribution in [0.3, 0.4) is 0 Å². The highest BCUT2D eigenvalue weighted by atomic mass is 14.1. The van der Waals surface area contributed by atoms with Crippen LogP contribution in [0.4, 0.5) is 0 Å². The molecule has 0 aliphatic carbocycles. The molecule has 0 aliphatic heterocycles. The molecule has 0 heteroatoms. The number of rotatable bonds is 6. The quantitative estimate of drug-likeness (QED) is 0.561. The molecule has 0 atom stereocenters. The molecule has 0 aliphatic rings. The second-order valence-corrected chi connectivity index (χ2v) is 5.06. The lowest BCUT2D eigenvalue weighted by molar-refractivity contribution is 0.922. The van der Waals surface area contributed by atoms with Crippen molar-refractivity contribution in [2.24, 2.45) is 0 Å². The molecule has 0 bridgehead atoms. The Hall–Kier alpha value is -2.34. The lowest BCUT2D eigenvalue weighted by Crippen LogP contribution is -1.92. The third-order valence-electron chi connectivity index (χ3n) is 3.54. The maximum absolute atomic E-state index is 3.93. The predicted molar refractivity (Wildman–Crippen MR) is 94.2 cm³/mol. The predicted octanol–water partition coefficient (Wildman–Crippen LogP) is 6.06. The van der Waals surface area contributed by atoms with Gasteiger partial charge in [0, 0.05) is 0 Å². The van der Waals surface area contributed by atoms with Gasteiger partial charge in [0.15, 0.2) is 0 Å². The van der Waals surface area contributed by atoms with E-state index in [9.17, 15) is 0 Å². The second kappa shape index (κ2) is 7.44. The molecule has 0 unspecified atom stereocenters. The first kappa shape index (κ1) is 15.1. The Kier molecular flexibility index (Phi) is 5.34. The molecule has 0 fully saturated rings. The van der Waals surface area contributed by atoms with Crippen molar-refractivity contribution in [2.75, 3.05) is 0 Å². The molecule has 0 amide bonds. The van der Waals surface area contributed by atoms with E-state index in [1.165, 1.54) is 22.3 Å². The van der Waals surface area contributed by atoms with Crippen molar-refractivity contribution in [2.45, 2.75) is 19.8 Å². The van der Waals surface area contributed by atoms with Gasteiger partial charge in [-0.25, -0.2) is 0 Å². The fraction of sp³-hybridized carbons (Fsp3) is 0.143. The first-order chi connectivity index (χ1) is 10.3. The van der Waals surface area contributed by atoms with Gasteiger partial charge in [-0.15, -0.1) is 0 Å². The Morgan fingerprint density at radius 2 is 1.81 bits per heavy atom. The summed E-state index contributed by atoms with van der Waals surface area (Å²) >= 11 is 0. The normalized spacial score (nSPS) is 11.2. The van der Waals surface area contributed by atoms with E-state index in [1.807, 2.05) is 24.3 Å². The monoisotopic (exact) mass is 274 g/mol. The average molecular weight is 274 g/mol. The average Bonchev–Trinajstić information content (AvgIpc) is 2.54. The van der Waals surface area contributed by atoms with Crippen LogP contribution in [0.25, 0.3) is 16.7 Å². The molecule has 0 spiro atoms. The van der Waals surface area contributed by atoms with Gasteiger partial charge in [0.05, 0.1) is 0 Å². The van der Waals surface area contributed by atoms with Gasteiger partial charge >= 0.3 is 0 Å². The van der Waals surface area contributed by atoms with Crippen LogP contribution in [0.5, 0.6) is 0 Å². The summed E-state index contributed by atoms with van der Waals surface area (Å²) in [4.78, 5) is 0. The summed E-state index contributed by atoms with van der Waals surface area (Å²) in [5.41, 5.74) is 6.18. The van der Waals surface area contributed by atoms with Crippen molar-refractivity contribution in [3.05, 3.63) is 91.0 Å². The maximum Gasteiger partial charge on any atom is -0.0103 e. The van der Waals surface area contributed by atoms with Crippen LogP contribution in [0, 0.1) is 0 Å². The van der Waals surface area contributed by atoms with Crippen molar-refractivity contribution in [3.63, 3.8) is 0 Å². The van der Waals surface area contributed by atoms with E-state index >= 15 is 0 Å². The van der Waals surface area contributed by atoms with Gasteiger partial charge in [-0.1, -0.05) is 93.3 Å². The summed E-state index contributed by atoms with van der Waals surface area (Å²) < 4.78 is 0. The molecule has 0 saturated heterocycles. The Morgan fingerprint density at radius 1 is 1.05 bits per heavy atom. The zero-order valence-corrected chi connectivity index (χ0v) is 12.7. The highest BCUT2D eigenvalue weighted by molar-refractivity contribution is 5.86. The van der Waals surface area contributed by atoms with Gasteiger partial charge in [-0.3, -0.25) is 0 Å². The first-order valence-electron chi connectivity index (χ1n) is 7.44. The van der Waals surface area contributed by atoms with E-state index < -0.39 is 0 Å². The van der Waals surface area contributed by atoms with Gasteiger partial charge in [0.25, 0.3) is 0 Å². The van der Waals surface area contributed by atoms with E-state index in [1.54, 1.807) is 0 Å². The molecular formula is C21H22. The van der Waals surface area contributed by atoms with Gasteiger partial charge in [-0.2, -0.15) is 0 Å². The van der Waals surface area contributed by atoms with Gasteiger partial charge in [-0.05, 0) is 34.2 Å². The third-order valence-corrected chi connectivity index (χ3v) is 3.54. The van der Waals surface area contributed by atoms with E-state index in [2.05, 4.69) is 62.5 Å².